The number of nitrogens with zero attached hydrogens (tertiary/aromatic N) is 3. The molecular formula is C27H30N4O4S. The predicted octanol–water partition coefficient (Wildman–Crippen LogP) is 5.14. The van der Waals surface area contributed by atoms with Gasteiger partial charge in [-0.3, -0.25) is 19.4 Å². The monoisotopic (exact) mass is 506 g/mol. The molecular weight excluding hydrogens is 476 g/mol. The van der Waals surface area contributed by atoms with Crippen LogP contribution in [0.15, 0.2) is 66.2 Å². The molecule has 188 valence electrons. The fourth-order valence-corrected chi connectivity index (χ4v) is 4.69. The van der Waals surface area contributed by atoms with Crippen LogP contribution in [0.4, 0.5) is 15.6 Å². The third kappa shape index (κ3) is 6.09. The number of ether oxygens (including phenoxy) is 1. The number of amides is 3. The second-order valence-corrected chi connectivity index (χ2v) is 10.5. The number of hydrogen-bond acceptors (Lipinski definition) is 6. The molecule has 2 heterocycles. The van der Waals surface area contributed by atoms with Crippen LogP contribution >= 0.6 is 11.3 Å². The molecule has 0 radical (unpaired) electrons. The lowest BCUT2D eigenvalue weighted by Gasteiger charge is -2.28. The quantitative estimate of drug-likeness (QED) is 0.500. The van der Waals surface area contributed by atoms with Gasteiger partial charge in [0.2, 0.25) is 0 Å². The van der Waals surface area contributed by atoms with E-state index in [9.17, 15) is 14.4 Å². The third-order valence-corrected chi connectivity index (χ3v) is 6.44. The van der Waals surface area contributed by atoms with Gasteiger partial charge in [-0.15, -0.1) is 11.3 Å². The number of likely N-dealkylation sites (tertiary alicyclic amines) is 1. The number of thiazole rings is 1. The Morgan fingerprint density at radius 1 is 1.11 bits per heavy atom. The Bertz CT molecular complexity index is 1190. The number of benzene rings is 2. The number of nitrogens with one attached hydrogen (secondary N) is 1. The van der Waals surface area contributed by atoms with E-state index < -0.39 is 12.1 Å². The van der Waals surface area contributed by atoms with Gasteiger partial charge in [0, 0.05) is 29.2 Å². The van der Waals surface area contributed by atoms with E-state index in [4.69, 9.17) is 4.74 Å². The summed E-state index contributed by atoms with van der Waals surface area (Å²) in [6, 6.07) is 15.6. The molecule has 9 heteroatoms. The zero-order chi connectivity index (χ0) is 25.7. The topological polar surface area (TPSA) is 91.8 Å². The minimum atomic E-state index is -0.666. The molecule has 1 aliphatic rings. The van der Waals surface area contributed by atoms with Gasteiger partial charge in [-0.25, -0.2) is 9.78 Å². The Morgan fingerprint density at radius 2 is 1.83 bits per heavy atom. The summed E-state index contributed by atoms with van der Waals surface area (Å²) in [6.45, 7) is 6.34. The van der Waals surface area contributed by atoms with E-state index in [0.29, 0.717) is 35.8 Å². The van der Waals surface area contributed by atoms with Gasteiger partial charge >= 0.3 is 6.09 Å². The first-order chi connectivity index (χ1) is 17.2. The Hall–Kier alpha value is -3.72. The lowest BCUT2D eigenvalue weighted by atomic mass is 10.1. The van der Waals surface area contributed by atoms with Crippen LogP contribution in [0.1, 0.15) is 49.5 Å². The van der Waals surface area contributed by atoms with Crippen LogP contribution in [0.2, 0.25) is 0 Å². The number of anilines is 2. The van der Waals surface area contributed by atoms with E-state index in [0.717, 1.165) is 5.56 Å². The highest BCUT2D eigenvalue weighted by Crippen LogP contribution is 2.31. The molecule has 2 aromatic carbocycles. The Balaban J connectivity index is 1.52. The van der Waals surface area contributed by atoms with Crippen molar-refractivity contribution >= 4 is 40.1 Å². The predicted molar refractivity (Wildman–Crippen MR) is 139 cm³/mol. The lowest BCUT2D eigenvalue weighted by molar-refractivity contribution is -0.121. The second-order valence-electron chi connectivity index (χ2n) is 9.63. The average Bonchev–Trinajstić information content (AvgIpc) is 3.55. The van der Waals surface area contributed by atoms with Crippen LogP contribution in [0, 0.1) is 0 Å². The Morgan fingerprint density at radius 3 is 2.47 bits per heavy atom. The van der Waals surface area contributed by atoms with Crippen molar-refractivity contribution < 1.29 is 19.1 Å². The SMILES string of the molecule is CC(C)(C)NC(=O)c1ccc(N(C(=O)C2CCCN2C(=O)OCc2ccccc2)c2nccs2)cc1. The Kier molecular flexibility index (Phi) is 7.69. The molecule has 1 aromatic heterocycles. The molecule has 4 rings (SSSR count). The number of aromatic nitrogens is 1. The smallest absolute Gasteiger partial charge is 0.410 e. The van der Waals surface area contributed by atoms with Gasteiger partial charge in [-0.1, -0.05) is 30.3 Å². The van der Waals surface area contributed by atoms with Gasteiger partial charge in [-0.05, 0) is 63.4 Å². The lowest BCUT2D eigenvalue weighted by Crippen LogP contribution is -2.46. The van der Waals surface area contributed by atoms with Crippen molar-refractivity contribution in [3.05, 3.63) is 77.3 Å². The maximum absolute atomic E-state index is 13.8. The highest BCUT2D eigenvalue weighted by molar-refractivity contribution is 7.13. The van der Waals surface area contributed by atoms with Crippen molar-refractivity contribution in [1.82, 2.24) is 15.2 Å². The molecule has 1 saturated heterocycles. The molecule has 0 bridgehead atoms. The maximum atomic E-state index is 13.8. The van der Waals surface area contributed by atoms with E-state index in [-0.39, 0.29) is 24.0 Å². The summed E-state index contributed by atoms with van der Waals surface area (Å²) in [7, 11) is 0. The highest BCUT2D eigenvalue weighted by atomic mass is 32.1. The van der Waals surface area contributed by atoms with Gasteiger partial charge in [0.15, 0.2) is 5.13 Å². The molecule has 0 saturated carbocycles. The van der Waals surface area contributed by atoms with Crippen molar-refractivity contribution in [1.29, 1.82) is 0 Å². The molecule has 0 aliphatic carbocycles. The molecule has 3 aromatic rings. The molecule has 1 unspecified atom stereocenters. The maximum Gasteiger partial charge on any atom is 0.410 e. The average molecular weight is 507 g/mol. The van der Waals surface area contributed by atoms with Crippen molar-refractivity contribution in [2.45, 2.75) is 51.8 Å². The van der Waals surface area contributed by atoms with Crippen LogP contribution in [0.25, 0.3) is 0 Å². The van der Waals surface area contributed by atoms with E-state index in [1.807, 2.05) is 51.1 Å². The highest BCUT2D eigenvalue weighted by Gasteiger charge is 2.39. The third-order valence-electron chi connectivity index (χ3n) is 5.68. The van der Waals surface area contributed by atoms with E-state index >= 15 is 0 Å². The van der Waals surface area contributed by atoms with Crippen LogP contribution in [-0.4, -0.2) is 45.9 Å². The van der Waals surface area contributed by atoms with Crippen LogP contribution in [-0.2, 0) is 16.1 Å². The number of carbonyl (C=O) groups is 3. The summed E-state index contributed by atoms with van der Waals surface area (Å²) in [4.78, 5) is 46.6. The van der Waals surface area contributed by atoms with E-state index in [1.165, 1.54) is 21.1 Å². The fourth-order valence-electron chi connectivity index (χ4n) is 4.03. The second kappa shape index (κ2) is 10.9. The zero-order valence-electron chi connectivity index (χ0n) is 20.6. The first-order valence-electron chi connectivity index (χ1n) is 11.9. The molecule has 0 spiro atoms. The minimum Gasteiger partial charge on any atom is -0.445 e. The fraction of sp³-hybridized carbons (Fsp3) is 0.333. The number of hydrogen-bond donors (Lipinski definition) is 1. The Labute approximate surface area is 214 Å². The molecule has 1 aliphatic heterocycles. The molecule has 8 nitrogen and oxygen atoms in total. The van der Waals surface area contributed by atoms with Crippen molar-refractivity contribution in [3.63, 3.8) is 0 Å². The van der Waals surface area contributed by atoms with E-state index in [1.54, 1.807) is 35.8 Å². The van der Waals surface area contributed by atoms with Gasteiger partial charge in [-0.2, -0.15) is 0 Å². The van der Waals surface area contributed by atoms with Crippen molar-refractivity contribution in [2.75, 3.05) is 11.4 Å². The first-order valence-corrected chi connectivity index (χ1v) is 12.7. The van der Waals surface area contributed by atoms with Crippen LogP contribution in [0.5, 0.6) is 0 Å². The van der Waals surface area contributed by atoms with Gasteiger partial charge in [0.1, 0.15) is 12.6 Å². The summed E-state index contributed by atoms with van der Waals surface area (Å²) >= 11 is 1.33. The van der Waals surface area contributed by atoms with Crippen LogP contribution < -0.4 is 10.2 Å². The summed E-state index contributed by atoms with van der Waals surface area (Å²) in [5.41, 5.74) is 1.59. The van der Waals surface area contributed by atoms with Gasteiger partial charge < -0.3 is 10.1 Å². The molecule has 1 fully saturated rings. The van der Waals surface area contributed by atoms with Gasteiger partial charge in [0.25, 0.3) is 11.8 Å². The summed E-state index contributed by atoms with van der Waals surface area (Å²) < 4.78 is 5.51. The van der Waals surface area contributed by atoms with Crippen molar-refractivity contribution in [2.24, 2.45) is 0 Å². The number of carbonyl (C=O) groups excluding carboxylic acids is 3. The summed E-state index contributed by atoms with van der Waals surface area (Å²) in [5.74, 6) is -0.449. The molecule has 3 amide bonds. The zero-order valence-corrected chi connectivity index (χ0v) is 21.5. The first kappa shape index (κ1) is 25.4. The normalized spacial score (nSPS) is 15.4. The summed E-state index contributed by atoms with van der Waals surface area (Å²) in [5, 5.41) is 5.22. The van der Waals surface area contributed by atoms with Crippen LogP contribution in [0.3, 0.4) is 0 Å². The summed E-state index contributed by atoms with van der Waals surface area (Å²) in [6.07, 6.45) is 2.36. The largest absolute Gasteiger partial charge is 0.445 e. The minimum absolute atomic E-state index is 0.144. The van der Waals surface area contributed by atoms with Gasteiger partial charge in [0.05, 0.1) is 5.69 Å². The number of rotatable bonds is 6. The molecule has 36 heavy (non-hydrogen) atoms. The molecule has 1 atom stereocenters. The standard InChI is InChI=1S/C27H30N4O4S/c1-27(2,3)29-23(32)20-11-13-21(14-12-20)31(25-28-15-17-36-25)24(33)22-10-7-16-30(22)26(34)35-18-19-8-5-4-6-9-19/h4-6,8-9,11-15,17,22H,7,10,16,18H2,1-3H3,(H,29,32). The van der Waals surface area contributed by atoms with E-state index in [2.05, 4.69) is 10.3 Å². The van der Waals surface area contributed by atoms with Crippen molar-refractivity contribution in [3.8, 4) is 0 Å². The molecule has 1 N–H and O–H groups in total.